The SMILES string of the molecule is CCS[C@H]1O[C@H](COS(=O)(=O)C(F)(F)F)[C@@H](OC)[C@H](OC)[C@H]1OC. The number of methoxy groups -OCH3 is 3. The van der Waals surface area contributed by atoms with E-state index >= 15 is 0 Å². The molecule has 0 amide bonds. The summed E-state index contributed by atoms with van der Waals surface area (Å²) in [5.74, 6) is 0.646. The molecular weight excluding hydrogens is 377 g/mol. The molecule has 0 aromatic carbocycles. The second kappa shape index (κ2) is 9.01. The van der Waals surface area contributed by atoms with Crippen LogP contribution >= 0.6 is 11.8 Å². The van der Waals surface area contributed by atoms with Crippen molar-refractivity contribution in [2.45, 2.75) is 42.3 Å². The third-order valence-corrected chi connectivity index (χ3v) is 5.46. The molecule has 1 heterocycles. The first-order chi connectivity index (χ1) is 11.1. The van der Waals surface area contributed by atoms with E-state index in [9.17, 15) is 21.6 Å². The largest absolute Gasteiger partial charge is 0.523 e. The number of hydrogen-bond acceptors (Lipinski definition) is 8. The zero-order valence-electron chi connectivity index (χ0n) is 13.6. The minimum absolute atomic E-state index is 0.541. The lowest BCUT2D eigenvalue weighted by atomic mass is 9.99. The van der Waals surface area contributed by atoms with E-state index in [-0.39, 0.29) is 0 Å². The van der Waals surface area contributed by atoms with E-state index in [1.54, 1.807) is 0 Å². The van der Waals surface area contributed by atoms with Gasteiger partial charge in [0.2, 0.25) is 0 Å². The van der Waals surface area contributed by atoms with E-state index < -0.39 is 52.1 Å². The summed E-state index contributed by atoms with van der Waals surface area (Å²) in [5, 5.41) is 0. The van der Waals surface area contributed by atoms with Crippen LogP contribution in [0.2, 0.25) is 0 Å². The fourth-order valence-electron chi connectivity index (χ4n) is 2.34. The molecule has 24 heavy (non-hydrogen) atoms. The predicted molar refractivity (Wildman–Crippen MR) is 80.1 cm³/mol. The quantitative estimate of drug-likeness (QED) is 0.448. The van der Waals surface area contributed by atoms with Crippen LogP contribution in [-0.2, 0) is 33.2 Å². The van der Waals surface area contributed by atoms with E-state index in [0.717, 1.165) is 0 Å². The summed E-state index contributed by atoms with van der Waals surface area (Å²) in [6.45, 7) is 1.02. The first kappa shape index (κ1) is 21.9. The Bertz CT molecular complexity index is 486. The van der Waals surface area contributed by atoms with Crippen LogP contribution in [0.25, 0.3) is 0 Å². The summed E-state index contributed by atoms with van der Waals surface area (Å²) in [6, 6.07) is 0. The van der Waals surface area contributed by atoms with Gasteiger partial charge in [-0.3, -0.25) is 4.18 Å². The number of halogens is 3. The zero-order chi connectivity index (χ0) is 18.5. The summed E-state index contributed by atoms with van der Waals surface area (Å²) in [6.07, 6.45) is -3.15. The van der Waals surface area contributed by atoms with Crippen LogP contribution in [0.5, 0.6) is 0 Å². The summed E-state index contributed by atoms with van der Waals surface area (Å²) in [7, 11) is -1.57. The molecule has 12 heteroatoms. The average Bonchev–Trinajstić information content (AvgIpc) is 2.51. The maximum absolute atomic E-state index is 12.4. The van der Waals surface area contributed by atoms with Gasteiger partial charge >= 0.3 is 15.6 Å². The van der Waals surface area contributed by atoms with Gasteiger partial charge in [0.1, 0.15) is 29.9 Å². The van der Waals surface area contributed by atoms with Gasteiger partial charge in [-0.1, -0.05) is 6.92 Å². The fraction of sp³-hybridized carbons (Fsp3) is 1.00. The van der Waals surface area contributed by atoms with Crippen LogP contribution in [0.4, 0.5) is 13.2 Å². The first-order valence-corrected chi connectivity index (χ1v) is 9.39. The Kier molecular flexibility index (Phi) is 8.23. The Labute approximate surface area is 143 Å². The maximum atomic E-state index is 12.4. The maximum Gasteiger partial charge on any atom is 0.523 e. The molecule has 5 atom stereocenters. The minimum Gasteiger partial charge on any atom is -0.376 e. The van der Waals surface area contributed by atoms with Crippen molar-refractivity contribution < 1.29 is 44.7 Å². The predicted octanol–water partition coefficient (Wildman–Crippen LogP) is 1.38. The highest BCUT2D eigenvalue weighted by atomic mass is 32.2. The molecule has 0 aromatic rings. The van der Waals surface area contributed by atoms with Crippen LogP contribution in [0.3, 0.4) is 0 Å². The van der Waals surface area contributed by atoms with Crippen LogP contribution in [0.15, 0.2) is 0 Å². The molecular formula is C12H21F3O7S2. The fourth-order valence-corrected chi connectivity index (χ4v) is 3.79. The van der Waals surface area contributed by atoms with Crippen molar-refractivity contribution in [3.05, 3.63) is 0 Å². The molecule has 0 N–H and O–H groups in total. The molecule has 0 aliphatic carbocycles. The Hall–Kier alpha value is -0.110. The summed E-state index contributed by atoms with van der Waals surface area (Å²) >= 11 is 1.35. The van der Waals surface area contributed by atoms with E-state index in [2.05, 4.69) is 4.18 Å². The molecule has 1 aliphatic rings. The Morgan fingerprint density at radius 2 is 1.58 bits per heavy atom. The standard InChI is InChI=1S/C12H21F3O7S2/c1-5-23-11-10(20-4)9(19-3)8(18-2)7(22-11)6-21-24(16,17)12(13,14)15/h7-11H,5-6H2,1-4H3/t7-,8-,9+,10-,11-/m1/s1. The van der Waals surface area contributed by atoms with E-state index in [1.165, 1.54) is 33.1 Å². The lowest BCUT2D eigenvalue weighted by molar-refractivity contribution is -0.226. The number of hydrogen-bond donors (Lipinski definition) is 0. The minimum atomic E-state index is -5.72. The molecule has 1 saturated heterocycles. The highest BCUT2D eigenvalue weighted by Crippen LogP contribution is 2.33. The average molecular weight is 398 g/mol. The van der Waals surface area contributed by atoms with Gasteiger partial charge in [-0.05, 0) is 5.75 Å². The number of thioether (sulfide) groups is 1. The van der Waals surface area contributed by atoms with Gasteiger partial charge in [-0.15, -0.1) is 11.8 Å². The van der Waals surface area contributed by atoms with E-state index in [0.29, 0.717) is 5.75 Å². The van der Waals surface area contributed by atoms with Gasteiger partial charge in [0.15, 0.2) is 0 Å². The van der Waals surface area contributed by atoms with Gasteiger partial charge in [0, 0.05) is 21.3 Å². The van der Waals surface area contributed by atoms with Gasteiger partial charge in [-0.2, -0.15) is 21.6 Å². The van der Waals surface area contributed by atoms with Crippen LogP contribution in [-0.4, -0.2) is 77.5 Å². The zero-order valence-corrected chi connectivity index (χ0v) is 15.2. The van der Waals surface area contributed by atoms with Crippen molar-refractivity contribution in [2.75, 3.05) is 33.7 Å². The van der Waals surface area contributed by atoms with Crippen molar-refractivity contribution in [1.82, 2.24) is 0 Å². The smallest absolute Gasteiger partial charge is 0.376 e. The van der Waals surface area contributed by atoms with Crippen molar-refractivity contribution in [3.8, 4) is 0 Å². The van der Waals surface area contributed by atoms with Crippen LogP contribution < -0.4 is 0 Å². The van der Waals surface area contributed by atoms with Crippen molar-refractivity contribution in [3.63, 3.8) is 0 Å². The lowest BCUT2D eigenvalue weighted by Crippen LogP contribution is -2.60. The van der Waals surface area contributed by atoms with Crippen molar-refractivity contribution in [1.29, 1.82) is 0 Å². The molecule has 0 spiro atoms. The van der Waals surface area contributed by atoms with Gasteiger partial charge < -0.3 is 18.9 Å². The third-order valence-electron chi connectivity index (χ3n) is 3.41. The summed E-state index contributed by atoms with van der Waals surface area (Å²) in [5.41, 5.74) is -6.07. The van der Waals surface area contributed by atoms with Crippen LogP contribution in [0, 0.1) is 0 Å². The molecule has 0 unspecified atom stereocenters. The van der Waals surface area contributed by atoms with Gasteiger partial charge in [0.25, 0.3) is 0 Å². The highest BCUT2D eigenvalue weighted by Gasteiger charge is 2.51. The molecule has 0 bridgehead atoms. The van der Waals surface area contributed by atoms with E-state index in [4.69, 9.17) is 18.9 Å². The Morgan fingerprint density at radius 1 is 1.04 bits per heavy atom. The molecule has 1 rings (SSSR count). The Balaban J connectivity index is 2.95. The Morgan fingerprint density at radius 3 is 2.00 bits per heavy atom. The summed E-state index contributed by atoms with van der Waals surface area (Å²) in [4.78, 5) is 0. The van der Waals surface area contributed by atoms with E-state index in [1.807, 2.05) is 6.92 Å². The first-order valence-electron chi connectivity index (χ1n) is 6.94. The molecule has 1 aliphatic heterocycles. The van der Waals surface area contributed by atoms with Crippen molar-refractivity contribution >= 4 is 21.9 Å². The monoisotopic (exact) mass is 398 g/mol. The topological polar surface area (TPSA) is 80.3 Å². The third kappa shape index (κ3) is 4.96. The highest BCUT2D eigenvalue weighted by molar-refractivity contribution is 7.99. The van der Waals surface area contributed by atoms with Crippen LogP contribution in [0.1, 0.15) is 6.92 Å². The molecule has 7 nitrogen and oxygen atoms in total. The second-order valence-corrected chi connectivity index (χ2v) is 7.77. The summed E-state index contributed by atoms with van der Waals surface area (Å²) < 4.78 is 84.9. The molecule has 0 radical (unpaired) electrons. The lowest BCUT2D eigenvalue weighted by Gasteiger charge is -2.44. The second-order valence-electron chi connectivity index (χ2n) is 4.78. The number of ether oxygens (including phenoxy) is 4. The number of rotatable bonds is 8. The normalized spacial score (nSPS) is 32.0. The molecule has 0 saturated carbocycles. The van der Waals surface area contributed by atoms with Gasteiger partial charge in [-0.25, -0.2) is 0 Å². The van der Waals surface area contributed by atoms with Crippen molar-refractivity contribution in [2.24, 2.45) is 0 Å². The number of alkyl halides is 3. The molecule has 1 fully saturated rings. The molecule has 144 valence electrons. The van der Waals surface area contributed by atoms with Gasteiger partial charge in [0.05, 0.1) is 6.61 Å². The molecule has 0 aromatic heterocycles.